The maximum absolute atomic E-state index is 11.2. The van der Waals surface area contributed by atoms with Gasteiger partial charge in [-0.3, -0.25) is 9.69 Å². The van der Waals surface area contributed by atoms with Crippen molar-refractivity contribution in [2.75, 3.05) is 26.8 Å². The smallest absolute Gasteiger partial charge is 0.234 e. The van der Waals surface area contributed by atoms with Gasteiger partial charge in [0.15, 0.2) is 0 Å². The fraction of sp³-hybridized carbons (Fsp3) is 0.909. The summed E-state index contributed by atoms with van der Waals surface area (Å²) in [7, 11) is 1.98. The third-order valence-corrected chi connectivity index (χ3v) is 3.13. The van der Waals surface area contributed by atoms with Crippen LogP contribution in [0.25, 0.3) is 0 Å². The van der Waals surface area contributed by atoms with Gasteiger partial charge in [0.25, 0.3) is 0 Å². The molecule has 0 radical (unpaired) electrons. The van der Waals surface area contributed by atoms with Gasteiger partial charge in [0.1, 0.15) is 0 Å². The summed E-state index contributed by atoms with van der Waals surface area (Å²) in [5.41, 5.74) is 5.35. The lowest BCUT2D eigenvalue weighted by molar-refractivity contribution is -0.123. The van der Waals surface area contributed by atoms with E-state index in [2.05, 4.69) is 4.90 Å². The summed E-state index contributed by atoms with van der Waals surface area (Å²) in [6.07, 6.45) is 2.98. The number of nitrogens with two attached hydrogens (primary N) is 1. The number of primary amides is 1. The van der Waals surface area contributed by atoms with E-state index in [1.165, 1.54) is 0 Å². The number of amides is 1. The first kappa shape index (κ1) is 12.5. The maximum Gasteiger partial charge on any atom is 0.234 e. The van der Waals surface area contributed by atoms with Crippen molar-refractivity contribution < 1.29 is 9.53 Å². The van der Waals surface area contributed by atoms with Crippen molar-refractivity contribution in [3.63, 3.8) is 0 Å². The number of carbonyl (C=O) groups is 1. The van der Waals surface area contributed by atoms with Crippen molar-refractivity contribution >= 4 is 5.91 Å². The van der Waals surface area contributed by atoms with Crippen LogP contribution in [0.15, 0.2) is 0 Å². The predicted octanol–water partition coefficient (Wildman–Crippen LogP) is 0.609. The number of likely N-dealkylation sites (N-methyl/N-ethyl adjacent to an activating group) is 1. The van der Waals surface area contributed by atoms with Crippen LogP contribution in [-0.4, -0.2) is 43.7 Å². The summed E-state index contributed by atoms with van der Waals surface area (Å²) < 4.78 is 5.31. The van der Waals surface area contributed by atoms with Crippen LogP contribution in [0, 0.1) is 5.92 Å². The Morgan fingerprint density at radius 3 is 2.60 bits per heavy atom. The molecule has 1 atom stereocenters. The molecular formula is C11H22N2O2. The fourth-order valence-electron chi connectivity index (χ4n) is 2.19. The lowest BCUT2D eigenvalue weighted by Gasteiger charge is -2.30. The molecule has 0 aromatic heterocycles. The molecule has 0 bridgehead atoms. The molecule has 4 heteroatoms. The molecule has 0 saturated carbocycles. The predicted molar refractivity (Wildman–Crippen MR) is 59.4 cm³/mol. The Bertz CT molecular complexity index is 203. The molecule has 0 aromatic carbocycles. The highest BCUT2D eigenvalue weighted by molar-refractivity contribution is 5.79. The van der Waals surface area contributed by atoms with Gasteiger partial charge in [0.2, 0.25) is 5.91 Å². The quantitative estimate of drug-likeness (QED) is 0.729. The monoisotopic (exact) mass is 214 g/mol. The molecule has 0 aliphatic carbocycles. The van der Waals surface area contributed by atoms with E-state index in [1.807, 2.05) is 14.0 Å². The summed E-state index contributed by atoms with van der Waals surface area (Å²) in [4.78, 5) is 13.3. The minimum atomic E-state index is -0.216. The van der Waals surface area contributed by atoms with Crippen molar-refractivity contribution in [1.82, 2.24) is 4.90 Å². The fourth-order valence-corrected chi connectivity index (χ4v) is 2.19. The molecule has 15 heavy (non-hydrogen) atoms. The van der Waals surface area contributed by atoms with Crippen molar-refractivity contribution in [3.8, 4) is 0 Å². The van der Waals surface area contributed by atoms with Gasteiger partial charge in [-0.2, -0.15) is 0 Å². The van der Waals surface area contributed by atoms with E-state index in [0.29, 0.717) is 5.92 Å². The number of nitrogens with zero attached hydrogens (tertiary/aromatic N) is 1. The van der Waals surface area contributed by atoms with Crippen LogP contribution in [0.1, 0.15) is 26.2 Å². The zero-order chi connectivity index (χ0) is 11.3. The Kier molecular flexibility index (Phi) is 5.05. The molecule has 2 N–H and O–H groups in total. The van der Waals surface area contributed by atoms with E-state index < -0.39 is 0 Å². The van der Waals surface area contributed by atoms with Crippen molar-refractivity contribution in [2.45, 2.75) is 32.2 Å². The highest BCUT2D eigenvalue weighted by atomic mass is 16.5. The zero-order valence-electron chi connectivity index (χ0n) is 9.74. The standard InChI is InChI=1S/C11H22N2O2/c1-3-10(11(12)14)13(2)8-9-4-6-15-7-5-9/h9-10H,3-8H2,1-2H3,(H2,12,14). The second-order valence-corrected chi connectivity index (χ2v) is 4.32. The molecule has 88 valence electrons. The number of rotatable bonds is 5. The zero-order valence-corrected chi connectivity index (χ0v) is 9.74. The van der Waals surface area contributed by atoms with Crippen LogP contribution in [0.3, 0.4) is 0 Å². The molecule has 0 spiro atoms. The molecule has 4 nitrogen and oxygen atoms in total. The lowest BCUT2D eigenvalue weighted by Crippen LogP contribution is -2.44. The topological polar surface area (TPSA) is 55.6 Å². The molecule has 1 rings (SSSR count). The summed E-state index contributed by atoms with van der Waals surface area (Å²) in [6, 6.07) is -0.118. The number of ether oxygens (including phenoxy) is 1. The van der Waals surface area contributed by atoms with Gasteiger partial charge in [0.05, 0.1) is 6.04 Å². The van der Waals surface area contributed by atoms with Gasteiger partial charge in [-0.05, 0) is 32.2 Å². The second kappa shape index (κ2) is 6.08. The molecule has 1 amide bonds. The van der Waals surface area contributed by atoms with Crippen LogP contribution >= 0.6 is 0 Å². The number of hydrogen-bond acceptors (Lipinski definition) is 3. The SMILES string of the molecule is CCC(C(N)=O)N(C)CC1CCOCC1. The first-order valence-corrected chi connectivity index (χ1v) is 5.72. The normalized spacial score (nSPS) is 20.5. The van der Waals surface area contributed by atoms with Gasteiger partial charge in [-0.1, -0.05) is 6.92 Å². The molecule has 0 aromatic rings. The molecule has 1 aliphatic heterocycles. The Morgan fingerprint density at radius 2 is 2.13 bits per heavy atom. The van der Waals surface area contributed by atoms with Crippen molar-refractivity contribution in [1.29, 1.82) is 0 Å². The third kappa shape index (κ3) is 3.80. The average Bonchev–Trinajstić information content (AvgIpc) is 2.19. The van der Waals surface area contributed by atoms with Crippen LogP contribution in [-0.2, 0) is 9.53 Å². The molecule has 1 heterocycles. The molecule has 1 fully saturated rings. The summed E-state index contributed by atoms with van der Waals surface area (Å²) in [5.74, 6) is 0.434. The van der Waals surface area contributed by atoms with E-state index >= 15 is 0 Å². The first-order chi connectivity index (χ1) is 7.15. The molecule has 1 aliphatic rings. The van der Waals surface area contributed by atoms with Gasteiger partial charge in [-0.15, -0.1) is 0 Å². The summed E-state index contributed by atoms with van der Waals surface area (Å²) in [5, 5.41) is 0. The van der Waals surface area contributed by atoms with Crippen LogP contribution < -0.4 is 5.73 Å². The highest BCUT2D eigenvalue weighted by Crippen LogP contribution is 2.17. The minimum Gasteiger partial charge on any atom is -0.381 e. The second-order valence-electron chi connectivity index (χ2n) is 4.32. The van der Waals surface area contributed by atoms with E-state index in [9.17, 15) is 4.79 Å². The van der Waals surface area contributed by atoms with Crippen molar-refractivity contribution in [3.05, 3.63) is 0 Å². The van der Waals surface area contributed by atoms with Gasteiger partial charge < -0.3 is 10.5 Å². The van der Waals surface area contributed by atoms with Crippen LogP contribution in [0.4, 0.5) is 0 Å². The summed E-state index contributed by atoms with van der Waals surface area (Å²) >= 11 is 0. The highest BCUT2D eigenvalue weighted by Gasteiger charge is 2.22. The van der Waals surface area contributed by atoms with E-state index in [4.69, 9.17) is 10.5 Å². The third-order valence-electron chi connectivity index (χ3n) is 3.13. The van der Waals surface area contributed by atoms with Gasteiger partial charge >= 0.3 is 0 Å². The number of carbonyl (C=O) groups excluding carboxylic acids is 1. The average molecular weight is 214 g/mol. The molecule has 1 unspecified atom stereocenters. The van der Waals surface area contributed by atoms with Gasteiger partial charge in [0, 0.05) is 19.8 Å². The van der Waals surface area contributed by atoms with E-state index in [1.54, 1.807) is 0 Å². The maximum atomic E-state index is 11.2. The minimum absolute atomic E-state index is 0.118. The number of hydrogen-bond donors (Lipinski definition) is 1. The lowest BCUT2D eigenvalue weighted by atomic mass is 9.99. The molecule has 1 saturated heterocycles. The first-order valence-electron chi connectivity index (χ1n) is 5.72. The Hall–Kier alpha value is -0.610. The Balaban J connectivity index is 2.38. The van der Waals surface area contributed by atoms with Gasteiger partial charge in [-0.25, -0.2) is 0 Å². The summed E-state index contributed by atoms with van der Waals surface area (Å²) in [6.45, 7) is 4.65. The van der Waals surface area contributed by atoms with E-state index in [0.717, 1.165) is 39.0 Å². The van der Waals surface area contributed by atoms with Crippen molar-refractivity contribution in [2.24, 2.45) is 11.7 Å². The van der Waals surface area contributed by atoms with E-state index in [-0.39, 0.29) is 11.9 Å². The Morgan fingerprint density at radius 1 is 1.53 bits per heavy atom. The van der Waals surface area contributed by atoms with Crippen LogP contribution in [0.2, 0.25) is 0 Å². The molecular weight excluding hydrogens is 192 g/mol. The van der Waals surface area contributed by atoms with Crippen LogP contribution in [0.5, 0.6) is 0 Å². The Labute approximate surface area is 91.8 Å². The largest absolute Gasteiger partial charge is 0.381 e.